The van der Waals surface area contributed by atoms with Gasteiger partial charge in [-0.3, -0.25) is 0 Å². The van der Waals surface area contributed by atoms with E-state index in [2.05, 4.69) is 26.2 Å². The number of anilines is 1. The Hall–Kier alpha value is -0.770. The molecule has 1 aliphatic heterocycles. The minimum atomic E-state index is 0.686. The number of pyridine rings is 1. The minimum Gasteiger partial charge on any atom is -0.480 e. The Morgan fingerprint density at radius 1 is 1.67 bits per heavy atom. The highest BCUT2D eigenvalue weighted by atomic mass is 79.9. The molecule has 0 unspecified atom stereocenters. The smallest absolute Gasteiger partial charge is 0.237 e. The fraction of sp³-hybridized carbons (Fsp3) is 0.375. The number of ether oxygens (including phenoxy) is 1. The number of halogens is 1. The van der Waals surface area contributed by atoms with E-state index in [1.807, 2.05) is 0 Å². The van der Waals surface area contributed by atoms with Crippen molar-refractivity contribution in [2.45, 2.75) is 6.42 Å². The molecule has 2 rings (SSSR count). The Morgan fingerprint density at radius 3 is 3.25 bits per heavy atom. The van der Waals surface area contributed by atoms with Gasteiger partial charge in [0.1, 0.15) is 5.69 Å². The number of nitrogens with one attached hydrogen (secondary N) is 1. The monoisotopic (exact) mass is 228 g/mol. The molecule has 0 saturated heterocycles. The molecule has 0 atom stereocenters. The molecule has 4 heteroatoms. The molecule has 0 radical (unpaired) electrons. The van der Waals surface area contributed by atoms with Crippen LogP contribution in [0.1, 0.15) is 5.56 Å². The van der Waals surface area contributed by atoms with E-state index in [9.17, 15) is 0 Å². The molecule has 12 heavy (non-hydrogen) atoms. The van der Waals surface area contributed by atoms with Crippen molar-refractivity contribution >= 4 is 21.6 Å². The predicted octanol–water partition coefficient (Wildman–Crippen LogP) is 1.82. The van der Waals surface area contributed by atoms with Crippen molar-refractivity contribution in [1.82, 2.24) is 4.98 Å². The molecule has 0 aromatic carbocycles. The lowest BCUT2D eigenvalue weighted by atomic mass is 10.2. The Balaban J connectivity index is 2.57. The van der Waals surface area contributed by atoms with Crippen LogP contribution >= 0.6 is 15.9 Å². The first-order valence-corrected chi connectivity index (χ1v) is 4.57. The standard InChI is InChI=1S/C8H9BrN2O/c1-12-8-7-5(2-3-10-7)6(9)4-11-8/h4,10H,2-3H2,1H3. The fourth-order valence-electron chi connectivity index (χ4n) is 1.40. The van der Waals surface area contributed by atoms with Gasteiger partial charge in [-0.25, -0.2) is 4.98 Å². The topological polar surface area (TPSA) is 34.1 Å². The van der Waals surface area contributed by atoms with E-state index < -0.39 is 0 Å². The number of hydrogen-bond acceptors (Lipinski definition) is 3. The first kappa shape index (κ1) is 7.86. The minimum absolute atomic E-state index is 0.686. The van der Waals surface area contributed by atoms with Crippen LogP contribution in [0.4, 0.5) is 5.69 Å². The average Bonchev–Trinajstić information content (AvgIpc) is 2.54. The normalized spacial score (nSPS) is 13.8. The SMILES string of the molecule is COc1ncc(Br)c2c1NCC2. The highest BCUT2D eigenvalue weighted by molar-refractivity contribution is 9.10. The van der Waals surface area contributed by atoms with Crippen LogP contribution in [0.5, 0.6) is 5.88 Å². The van der Waals surface area contributed by atoms with E-state index in [1.165, 1.54) is 5.56 Å². The van der Waals surface area contributed by atoms with Gasteiger partial charge in [0.2, 0.25) is 5.88 Å². The highest BCUT2D eigenvalue weighted by Crippen LogP contribution is 2.35. The van der Waals surface area contributed by atoms with Crippen LogP contribution in [0, 0.1) is 0 Å². The molecule has 2 heterocycles. The third-order valence-electron chi connectivity index (χ3n) is 1.97. The number of aromatic nitrogens is 1. The molecule has 1 aliphatic rings. The molecule has 1 aromatic heterocycles. The third-order valence-corrected chi connectivity index (χ3v) is 2.65. The predicted molar refractivity (Wildman–Crippen MR) is 50.7 cm³/mol. The number of methoxy groups -OCH3 is 1. The van der Waals surface area contributed by atoms with Crippen molar-refractivity contribution in [3.05, 3.63) is 16.2 Å². The highest BCUT2D eigenvalue weighted by Gasteiger charge is 2.18. The van der Waals surface area contributed by atoms with Crippen molar-refractivity contribution in [3.63, 3.8) is 0 Å². The summed E-state index contributed by atoms with van der Waals surface area (Å²) in [5.74, 6) is 0.686. The van der Waals surface area contributed by atoms with E-state index in [1.54, 1.807) is 13.3 Å². The van der Waals surface area contributed by atoms with Crippen LogP contribution in [0.3, 0.4) is 0 Å². The van der Waals surface area contributed by atoms with Gasteiger partial charge in [0.25, 0.3) is 0 Å². The van der Waals surface area contributed by atoms with E-state index in [-0.39, 0.29) is 0 Å². The molecule has 0 aliphatic carbocycles. The number of nitrogens with zero attached hydrogens (tertiary/aromatic N) is 1. The second-order valence-electron chi connectivity index (χ2n) is 2.65. The fourth-order valence-corrected chi connectivity index (χ4v) is 1.90. The lowest BCUT2D eigenvalue weighted by Gasteiger charge is -2.06. The Kier molecular flexibility index (Phi) is 1.92. The second kappa shape index (κ2) is 2.94. The molecule has 1 aromatic rings. The molecular weight excluding hydrogens is 220 g/mol. The van der Waals surface area contributed by atoms with Gasteiger partial charge in [-0.05, 0) is 27.9 Å². The van der Waals surface area contributed by atoms with Crippen molar-refractivity contribution in [3.8, 4) is 5.88 Å². The quantitative estimate of drug-likeness (QED) is 0.797. The maximum absolute atomic E-state index is 5.12. The molecule has 3 nitrogen and oxygen atoms in total. The van der Waals surface area contributed by atoms with Crippen LogP contribution in [0.2, 0.25) is 0 Å². The van der Waals surface area contributed by atoms with Gasteiger partial charge >= 0.3 is 0 Å². The van der Waals surface area contributed by atoms with Crippen LogP contribution in [-0.4, -0.2) is 18.6 Å². The van der Waals surface area contributed by atoms with Gasteiger partial charge in [0.15, 0.2) is 0 Å². The number of hydrogen-bond donors (Lipinski definition) is 1. The van der Waals surface area contributed by atoms with Gasteiger partial charge in [-0.15, -0.1) is 0 Å². The molecule has 0 spiro atoms. The van der Waals surface area contributed by atoms with Crippen molar-refractivity contribution in [2.75, 3.05) is 19.0 Å². The molecule has 0 amide bonds. The Labute approximate surface area is 79.3 Å². The average molecular weight is 229 g/mol. The van der Waals surface area contributed by atoms with Gasteiger partial charge in [0.05, 0.1) is 7.11 Å². The summed E-state index contributed by atoms with van der Waals surface area (Å²) in [7, 11) is 1.64. The first-order chi connectivity index (χ1) is 5.83. The maximum atomic E-state index is 5.12. The van der Waals surface area contributed by atoms with E-state index in [0.717, 1.165) is 23.1 Å². The molecule has 1 N–H and O–H groups in total. The summed E-state index contributed by atoms with van der Waals surface area (Å²) in [6.07, 6.45) is 2.82. The Morgan fingerprint density at radius 2 is 2.50 bits per heavy atom. The van der Waals surface area contributed by atoms with Crippen LogP contribution < -0.4 is 10.1 Å². The summed E-state index contributed by atoms with van der Waals surface area (Å²) in [5, 5.41) is 3.24. The van der Waals surface area contributed by atoms with Crippen molar-refractivity contribution in [2.24, 2.45) is 0 Å². The van der Waals surface area contributed by atoms with Gasteiger partial charge in [-0.2, -0.15) is 0 Å². The third kappa shape index (κ3) is 1.06. The van der Waals surface area contributed by atoms with Crippen LogP contribution in [-0.2, 0) is 6.42 Å². The summed E-state index contributed by atoms with van der Waals surface area (Å²) in [5.41, 5.74) is 2.30. The zero-order valence-corrected chi connectivity index (χ0v) is 8.31. The zero-order chi connectivity index (χ0) is 8.55. The summed E-state index contributed by atoms with van der Waals surface area (Å²) in [6.45, 7) is 0.968. The largest absolute Gasteiger partial charge is 0.480 e. The summed E-state index contributed by atoms with van der Waals surface area (Å²) in [4.78, 5) is 4.14. The number of rotatable bonds is 1. The van der Waals surface area contributed by atoms with Gasteiger partial charge < -0.3 is 10.1 Å². The molecule has 0 bridgehead atoms. The van der Waals surface area contributed by atoms with E-state index in [4.69, 9.17) is 4.74 Å². The van der Waals surface area contributed by atoms with Gasteiger partial charge in [-0.1, -0.05) is 0 Å². The maximum Gasteiger partial charge on any atom is 0.237 e. The molecule has 0 fully saturated rings. The number of fused-ring (bicyclic) bond motifs is 1. The summed E-state index contributed by atoms with van der Waals surface area (Å²) in [6, 6.07) is 0. The lowest BCUT2D eigenvalue weighted by Crippen LogP contribution is -1.95. The van der Waals surface area contributed by atoms with Gasteiger partial charge in [0, 0.05) is 17.2 Å². The van der Waals surface area contributed by atoms with Crippen molar-refractivity contribution in [1.29, 1.82) is 0 Å². The molecule has 64 valence electrons. The molecular formula is C8H9BrN2O. The second-order valence-corrected chi connectivity index (χ2v) is 3.50. The molecule has 0 saturated carbocycles. The lowest BCUT2D eigenvalue weighted by molar-refractivity contribution is 0.400. The van der Waals surface area contributed by atoms with Crippen molar-refractivity contribution < 1.29 is 4.74 Å². The van der Waals surface area contributed by atoms with Crippen LogP contribution in [0.15, 0.2) is 10.7 Å². The zero-order valence-electron chi connectivity index (χ0n) is 6.72. The van der Waals surface area contributed by atoms with E-state index >= 15 is 0 Å². The van der Waals surface area contributed by atoms with Crippen LogP contribution in [0.25, 0.3) is 0 Å². The first-order valence-electron chi connectivity index (χ1n) is 3.78. The summed E-state index contributed by atoms with van der Waals surface area (Å²) < 4.78 is 6.18. The summed E-state index contributed by atoms with van der Waals surface area (Å²) >= 11 is 3.45. The Bertz CT molecular complexity index is 314. The van der Waals surface area contributed by atoms with E-state index in [0.29, 0.717) is 5.88 Å².